The van der Waals surface area contributed by atoms with Crippen LogP contribution in [0.1, 0.15) is 24.7 Å². The minimum Gasteiger partial charge on any atom is -0.494 e. The van der Waals surface area contributed by atoms with Crippen LogP contribution in [0.5, 0.6) is 5.75 Å². The zero-order valence-corrected chi connectivity index (χ0v) is 15.6. The van der Waals surface area contributed by atoms with Gasteiger partial charge in [-0.15, -0.1) is 11.3 Å². The molecule has 0 bridgehead atoms. The lowest BCUT2D eigenvalue weighted by atomic mass is 10.2. The SMILES string of the molecule is CCOC(=O)C(Sc1nc2ccc(OCC)cc2s1)c1cccnc1. The van der Waals surface area contributed by atoms with Gasteiger partial charge in [-0.1, -0.05) is 17.8 Å². The normalized spacial score (nSPS) is 12.1. The van der Waals surface area contributed by atoms with Crippen LogP contribution in [-0.4, -0.2) is 29.2 Å². The molecule has 0 aliphatic heterocycles. The highest BCUT2D eigenvalue weighted by atomic mass is 32.2. The van der Waals surface area contributed by atoms with Gasteiger partial charge in [-0.3, -0.25) is 9.78 Å². The number of carbonyl (C=O) groups excluding carboxylic acids is 1. The summed E-state index contributed by atoms with van der Waals surface area (Å²) >= 11 is 2.93. The number of aromatic nitrogens is 2. The predicted molar refractivity (Wildman–Crippen MR) is 100 cm³/mol. The molecule has 0 spiro atoms. The van der Waals surface area contributed by atoms with E-state index in [0.29, 0.717) is 13.2 Å². The maximum absolute atomic E-state index is 12.4. The third kappa shape index (κ3) is 4.29. The summed E-state index contributed by atoms with van der Waals surface area (Å²) in [6, 6.07) is 9.51. The number of hydrogen-bond acceptors (Lipinski definition) is 7. The van der Waals surface area contributed by atoms with Crippen LogP contribution in [0.25, 0.3) is 10.2 Å². The summed E-state index contributed by atoms with van der Waals surface area (Å²) in [5.74, 6) is 0.541. The molecule has 1 unspecified atom stereocenters. The molecule has 0 N–H and O–H groups in total. The van der Waals surface area contributed by atoms with Crippen LogP contribution in [-0.2, 0) is 9.53 Å². The molecular weight excluding hydrogens is 356 g/mol. The van der Waals surface area contributed by atoms with Crippen LogP contribution < -0.4 is 4.74 Å². The Kier molecular flexibility index (Phi) is 5.88. The molecule has 25 heavy (non-hydrogen) atoms. The monoisotopic (exact) mass is 374 g/mol. The highest BCUT2D eigenvalue weighted by Crippen LogP contribution is 2.40. The number of pyridine rings is 1. The van der Waals surface area contributed by atoms with Gasteiger partial charge in [0, 0.05) is 12.4 Å². The minimum absolute atomic E-state index is 0.283. The highest BCUT2D eigenvalue weighted by molar-refractivity contribution is 8.02. The van der Waals surface area contributed by atoms with Crippen molar-refractivity contribution in [2.24, 2.45) is 0 Å². The number of thioether (sulfide) groups is 1. The van der Waals surface area contributed by atoms with Crippen LogP contribution >= 0.6 is 23.1 Å². The van der Waals surface area contributed by atoms with Crippen LogP contribution in [0.4, 0.5) is 0 Å². The maximum atomic E-state index is 12.4. The molecule has 0 saturated carbocycles. The van der Waals surface area contributed by atoms with Gasteiger partial charge in [-0.25, -0.2) is 4.98 Å². The Morgan fingerprint density at radius 2 is 2.16 bits per heavy atom. The number of thiazole rings is 1. The van der Waals surface area contributed by atoms with Gasteiger partial charge in [0.25, 0.3) is 0 Å². The number of rotatable bonds is 7. The fourth-order valence-electron chi connectivity index (χ4n) is 2.29. The van der Waals surface area contributed by atoms with Crippen LogP contribution in [0.2, 0.25) is 0 Å². The van der Waals surface area contributed by atoms with Crippen LogP contribution in [0, 0.1) is 0 Å². The molecule has 3 aromatic rings. The van der Waals surface area contributed by atoms with Crippen molar-refractivity contribution in [2.45, 2.75) is 23.4 Å². The average Bonchev–Trinajstić information content (AvgIpc) is 3.03. The summed E-state index contributed by atoms with van der Waals surface area (Å²) in [6.07, 6.45) is 3.37. The number of ether oxygens (including phenoxy) is 2. The molecule has 0 aliphatic carbocycles. The predicted octanol–water partition coefficient (Wildman–Crippen LogP) is 4.49. The topological polar surface area (TPSA) is 61.3 Å². The van der Waals surface area contributed by atoms with Crippen molar-refractivity contribution >= 4 is 39.3 Å². The summed E-state index contributed by atoms with van der Waals surface area (Å²) in [7, 11) is 0. The summed E-state index contributed by atoms with van der Waals surface area (Å²) < 4.78 is 12.6. The van der Waals surface area contributed by atoms with E-state index in [2.05, 4.69) is 9.97 Å². The molecule has 0 fully saturated rings. The fourth-order valence-corrected chi connectivity index (χ4v) is 4.56. The third-order valence-corrected chi connectivity index (χ3v) is 5.70. The van der Waals surface area contributed by atoms with Gasteiger partial charge in [0.1, 0.15) is 11.0 Å². The lowest BCUT2D eigenvalue weighted by Gasteiger charge is -2.13. The smallest absolute Gasteiger partial charge is 0.324 e. The van der Waals surface area contributed by atoms with Gasteiger partial charge >= 0.3 is 5.97 Å². The van der Waals surface area contributed by atoms with E-state index in [4.69, 9.17) is 9.47 Å². The Bertz CT molecular complexity index is 852. The first-order valence-electron chi connectivity index (χ1n) is 7.98. The Morgan fingerprint density at radius 3 is 2.88 bits per heavy atom. The third-order valence-electron chi connectivity index (χ3n) is 3.36. The van der Waals surface area contributed by atoms with Gasteiger partial charge in [0.15, 0.2) is 4.34 Å². The van der Waals surface area contributed by atoms with E-state index < -0.39 is 5.25 Å². The van der Waals surface area contributed by atoms with Crippen molar-refractivity contribution in [3.05, 3.63) is 48.3 Å². The maximum Gasteiger partial charge on any atom is 0.324 e. The second-order valence-electron chi connectivity index (χ2n) is 5.08. The first kappa shape index (κ1) is 17.7. The second-order valence-corrected chi connectivity index (χ2v) is 7.46. The molecule has 2 heterocycles. The molecule has 0 aliphatic rings. The van der Waals surface area contributed by atoms with E-state index in [1.165, 1.54) is 23.1 Å². The fraction of sp³-hybridized carbons (Fsp3) is 0.278. The molecule has 2 aromatic heterocycles. The number of esters is 1. The number of hydrogen-bond donors (Lipinski definition) is 0. The largest absolute Gasteiger partial charge is 0.494 e. The minimum atomic E-state index is -0.486. The highest BCUT2D eigenvalue weighted by Gasteiger charge is 2.25. The Balaban J connectivity index is 1.88. The van der Waals surface area contributed by atoms with Gasteiger partial charge < -0.3 is 9.47 Å². The van der Waals surface area contributed by atoms with Gasteiger partial charge in [-0.2, -0.15) is 0 Å². The number of carbonyl (C=O) groups is 1. The lowest BCUT2D eigenvalue weighted by molar-refractivity contribution is -0.142. The number of fused-ring (bicyclic) bond motifs is 1. The van der Waals surface area contributed by atoms with Crippen LogP contribution in [0.15, 0.2) is 47.1 Å². The van der Waals surface area contributed by atoms with Crippen molar-refractivity contribution in [1.29, 1.82) is 0 Å². The molecular formula is C18H18N2O3S2. The average molecular weight is 374 g/mol. The Labute approximate surface area is 154 Å². The van der Waals surface area contributed by atoms with Gasteiger partial charge in [0.05, 0.1) is 23.4 Å². The summed E-state index contributed by atoms with van der Waals surface area (Å²) in [5.41, 5.74) is 1.70. The molecule has 3 rings (SSSR count). The summed E-state index contributed by atoms with van der Waals surface area (Å²) in [4.78, 5) is 21.1. The lowest BCUT2D eigenvalue weighted by Crippen LogP contribution is -2.13. The standard InChI is InChI=1S/C18H18N2O3S2/c1-3-22-13-7-8-14-15(10-13)24-18(20-14)25-16(17(21)23-4-2)12-6-5-9-19-11-12/h5-11,16H,3-4H2,1-2H3. The molecule has 5 nitrogen and oxygen atoms in total. The molecule has 0 amide bonds. The molecule has 7 heteroatoms. The molecule has 0 radical (unpaired) electrons. The van der Waals surface area contributed by atoms with Crippen molar-refractivity contribution in [3.63, 3.8) is 0 Å². The quantitative estimate of drug-likeness (QED) is 0.449. The van der Waals surface area contributed by atoms with E-state index >= 15 is 0 Å². The number of benzene rings is 1. The van der Waals surface area contributed by atoms with Crippen molar-refractivity contribution in [1.82, 2.24) is 9.97 Å². The zero-order valence-electron chi connectivity index (χ0n) is 14.0. The van der Waals surface area contributed by atoms with E-state index in [-0.39, 0.29) is 5.97 Å². The zero-order chi connectivity index (χ0) is 17.6. The molecule has 130 valence electrons. The van der Waals surface area contributed by atoms with Crippen molar-refractivity contribution in [3.8, 4) is 5.75 Å². The molecule has 1 aromatic carbocycles. The van der Waals surface area contributed by atoms with Crippen LogP contribution in [0.3, 0.4) is 0 Å². The van der Waals surface area contributed by atoms with E-state index in [1.807, 2.05) is 37.3 Å². The summed E-state index contributed by atoms with van der Waals surface area (Å²) in [5, 5.41) is -0.486. The van der Waals surface area contributed by atoms with Crippen molar-refractivity contribution in [2.75, 3.05) is 13.2 Å². The number of nitrogens with zero attached hydrogens (tertiary/aromatic N) is 2. The first-order valence-corrected chi connectivity index (χ1v) is 9.67. The molecule has 1 atom stereocenters. The Morgan fingerprint density at radius 1 is 1.28 bits per heavy atom. The Hall–Kier alpha value is -2.12. The van der Waals surface area contributed by atoms with Crippen molar-refractivity contribution < 1.29 is 14.3 Å². The first-order chi connectivity index (χ1) is 12.2. The van der Waals surface area contributed by atoms with Gasteiger partial charge in [-0.05, 0) is 43.7 Å². The van der Waals surface area contributed by atoms with E-state index in [1.54, 1.807) is 19.3 Å². The van der Waals surface area contributed by atoms with Gasteiger partial charge in [0.2, 0.25) is 0 Å². The van der Waals surface area contributed by atoms with E-state index in [9.17, 15) is 4.79 Å². The van der Waals surface area contributed by atoms with E-state index in [0.717, 1.165) is 25.9 Å². The molecule has 0 saturated heterocycles. The second kappa shape index (κ2) is 8.31. The summed E-state index contributed by atoms with van der Waals surface area (Å²) in [6.45, 7) is 4.72.